The van der Waals surface area contributed by atoms with Crippen LogP contribution in [0, 0.1) is 5.92 Å². The molecule has 19 heavy (non-hydrogen) atoms. The van der Waals surface area contributed by atoms with E-state index in [0.717, 1.165) is 16.9 Å². The molecule has 2 unspecified atom stereocenters. The minimum absolute atomic E-state index is 0.0204. The number of ether oxygens (including phenoxy) is 1. The molecule has 108 valence electrons. The zero-order valence-corrected chi connectivity index (χ0v) is 13.1. The van der Waals surface area contributed by atoms with Crippen LogP contribution in [-0.4, -0.2) is 16.6 Å². The van der Waals surface area contributed by atoms with Crippen LogP contribution in [-0.2, 0) is 16.6 Å². The largest absolute Gasteiger partial charge is 0.494 e. The summed E-state index contributed by atoms with van der Waals surface area (Å²) < 4.78 is 17.7. The van der Waals surface area contributed by atoms with Crippen LogP contribution >= 0.6 is 0 Å². The molecule has 2 atom stereocenters. The van der Waals surface area contributed by atoms with Gasteiger partial charge in [-0.05, 0) is 37.5 Å². The van der Waals surface area contributed by atoms with E-state index in [9.17, 15) is 4.21 Å². The van der Waals surface area contributed by atoms with Crippen LogP contribution in [0.4, 0.5) is 0 Å². The smallest absolute Gasteiger partial charge is 0.123 e. The molecule has 0 aliphatic rings. The molecule has 0 aliphatic carbocycles. The molecule has 4 heteroatoms. The first-order valence-corrected chi connectivity index (χ1v) is 8.29. The quantitative estimate of drug-likeness (QED) is 0.837. The molecule has 0 saturated heterocycles. The highest BCUT2D eigenvalue weighted by Crippen LogP contribution is 2.24. The summed E-state index contributed by atoms with van der Waals surface area (Å²) in [6, 6.07) is 5.91. The lowest BCUT2D eigenvalue weighted by Gasteiger charge is -2.14. The Bertz CT molecular complexity index is 430. The first-order chi connectivity index (χ1) is 8.93. The Morgan fingerprint density at radius 1 is 1.32 bits per heavy atom. The number of hydrogen-bond acceptors (Lipinski definition) is 3. The van der Waals surface area contributed by atoms with E-state index in [1.165, 1.54) is 0 Å². The molecule has 0 fully saturated rings. The van der Waals surface area contributed by atoms with Crippen molar-refractivity contribution >= 4 is 10.8 Å². The van der Waals surface area contributed by atoms with Gasteiger partial charge < -0.3 is 10.5 Å². The maximum atomic E-state index is 12.1. The van der Waals surface area contributed by atoms with Crippen molar-refractivity contribution in [2.45, 2.75) is 39.5 Å². The predicted molar refractivity (Wildman–Crippen MR) is 81.8 cm³/mol. The zero-order chi connectivity index (χ0) is 14.4. The topological polar surface area (TPSA) is 52.3 Å². The van der Waals surface area contributed by atoms with Gasteiger partial charge in [0.25, 0.3) is 0 Å². The average molecular weight is 283 g/mol. The Kier molecular flexibility index (Phi) is 6.52. The van der Waals surface area contributed by atoms with Crippen molar-refractivity contribution < 1.29 is 8.95 Å². The molecule has 1 aromatic carbocycles. The molecule has 0 bridgehead atoms. The Hall–Kier alpha value is -0.870. The van der Waals surface area contributed by atoms with E-state index in [1.807, 2.05) is 32.0 Å². The lowest BCUT2D eigenvalue weighted by Crippen LogP contribution is -2.10. The minimum atomic E-state index is -0.857. The van der Waals surface area contributed by atoms with E-state index < -0.39 is 10.8 Å². The Morgan fingerprint density at radius 2 is 2.00 bits per heavy atom. The fraction of sp³-hybridized carbons (Fsp3) is 0.600. The molecule has 0 aliphatic heterocycles. The number of hydrogen-bond donors (Lipinski definition) is 1. The molecule has 0 radical (unpaired) electrons. The minimum Gasteiger partial charge on any atom is -0.494 e. The SMILES string of the molecule is CCOc1ccc(C(C)N)cc1CS(=O)CC(C)C. The van der Waals surface area contributed by atoms with Gasteiger partial charge in [-0.1, -0.05) is 19.9 Å². The lowest BCUT2D eigenvalue weighted by molar-refractivity contribution is 0.337. The van der Waals surface area contributed by atoms with Gasteiger partial charge in [0, 0.05) is 28.2 Å². The Labute approximate surface area is 119 Å². The van der Waals surface area contributed by atoms with E-state index in [4.69, 9.17) is 10.5 Å². The molecule has 1 rings (SSSR count). The van der Waals surface area contributed by atoms with Crippen molar-refractivity contribution in [2.24, 2.45) is 11.7 Å². The summed E-state index contributed by atoms with van der Waals surface area (Å²) in [6.07, 6.45) is 0. The predicted octanol–water partition coefficient (Wildman–Crippen LogP) is 3.01. The molecule has 0 amide bonds. The summed E-state index contributed by atoms with van der Waals surface area (Å²) in [7, 11) is -0.857. The second-order valence-corrected chi connectivity index (χ2v) is 6.74. The van der Waals surface area contributed by atoms with Crippen molar-refractivity contribution in [3.63, 3.8) is 0 Å². The van der Waals surface area contributed by atoms with Gasteiger partial charge in [0.1, 0.15) is 5.75 Å². The molecule has 0 spiro atoms. The second kappa shape index (κ2) is 7.65. The average Bonchev–Trinajstić information content (AvgIpc) is 2.30. The highest BCUT2D eigenvalue weighted by atomic mass is 32.2. The van der Waals surface area contributed by atoms with Crippen molar-refractivity contribution in [2.75, 3.05) is 12.4 Å². The van der Waals surface area contributed by atoms with Gasteiger partial charge in [-0.2, -0.15) is 0 Å². The highest BCUT2D eigenvalue weighted by Gasteiger charge is 2.11. The molecule has 1 aromatic rings. The van der Waals surface area contributed by atoms with Crippen LogP contribution in [0.1, 0.15) is 44.9 Å². The van der Waals surface area contributed by atoms with Crippen LogP contribution in [0.15, 0.2) is 18.2 Å². The molecular formula is C15H25NO2S. The number of benzene rings is 1. The van der Waals surface area contributed by atoms with Crippen LogP contribution in [0.2, 0.25) is 0 Å². The summed E-state index contributed by atoms with van der Waals surface area (Å²) in [6.45, 7) is 8.68. The van der Waals surface area contributed by atoms with E-state index in [1.54, 1.807) is 0 Å². The van der Waals surface area contributed by atoms with Gasteiger partial charge in [-0.3, -0.25) is 4.21 Å². The van der Waals surface area contributed by atoms with Crippen LogP contribution in [0.3, 0.4) is 0 Å². The molecule has 0 heterocycles. The summed E-state index contributed by atoms with van der Waals surface area (Å²) in [5.41, 5.74) is 7.95. The maximum absolute atomic E-state index is 12.1. The number of rotatable bonds is 7. The Balaban J connectivity index is 2.93. The van der Waals surface area contributed by atoms with Gasteiger partial charge in [0.2, 0.25) is 0 Å². The normalized spacial score (nSPS) is 14.4. The first kappa shape index (κ1) is 16.2. The van der Waals surface area contributed by atoms with Crippen molar-refractivity contribution in [3.8, 4) is 5.75 Å². The summed E-state index contributed by atoms with van der Waals surface area (Å²) >= 11 is 0. The molecule has 0 aromatic heterocycles. The van der Waals surface area contributed by atoms with Gasteiger partial charge in [0.05, 0.1) is 12.4 Å². The van der Waals surface area contributed by atoms with Crippen molar-refractivity contribution in [3.05, 3.63) is 29.3 Å². The van der Waals surface area contributed by atoms with E-state index in [-0.39, 0.29) is 6.04 Å². The van der Waals surface area contributed by atoms with Crippen molar-refractivity contribution in [1.29, 1.82) is 0 Å². The molecule has 3 nitrogen and oxygen atoms in total. The van der Waals surface area contributed by atoms with Crippen LogP contribution < -0.4 is 10.5 Å². The van der Waals surface area contributed by atoms with Gasteiger partial charge in [0.15, 0.2) is 0 Å². The van der Waals surface area contributed by atoms with E-state index in [0.29, 0.717) is 24.0 Å². The highest BCUT2D eigenvalue weighted by molar-refractivity contribution is 7.84. The van der Waals surface area contributed by atoms with E-state index in [2.05, 4.69) is 13.8 Å². The molecular weight excluding hydrogens is 258 g/mol. The molecule has 0 saturated carbocycles. The summed E-state index contributed by atoms with van der Waals surface area (Å²) in [5.74, 6) is 2.51. The standard InChI is InChI=1S/C15H25NO2S/c1-5-18-15-7-6-13(12(4)16)8-14(15)10-19(17)9-11(2)3/h6-8,11-12H,5,9-10,16H2,1-4H3. The fourth-order valence-corrected chi connectivity index (χ4v) is 3.33. The summed E-state index contributed by atoms with van der Waals surface area (Å²) in [4.78, 5) is 0. The fourth-order valence-electron chi connectivity index (χ4n) is 1.90. The third-order valence-corrected chi connectivity index (χ3v) is 4.42. The van der Waals surface area contributed by atoms with Gasteiger partial charge >= 0.3 is 0 Å². The van der Waals surface area contributed by atoms with Crippen molar-refractivity contribution in [1.82, 2.24) is 0 Å². The lowest BCUT2D eigenvalue weighted by atomic mass is 10.1. The van der Waals surface area contributed by atoms with Crippen LogP contribution in [0.25, 0.3) is 0 Å². The summed E-state index contributed by atoms with van der Waals surface area (Å²) in [5, 5.41) is 0. The second-order valence-electron chi connectivity index (χ2n) is 5.23. The first-order valence-electron chi connectivity index (χ1n) is 6.80. The van der Waals surface area contributed by atoms with Gasteiger partial charge in [-0.25, -0.2) is 0 Å². The third-order valence-electron chi connectivity index (χ3n) is 2.75. The Morgan fingerprint density at radius 3 is 2.53 bits per heavy atom. The monoisotopic (exact) mass is 283 g/mol. The third kappa shape index (κ3) is 5.33. The van der Waals surface area contributed by atoms with E-state index >= 15 is 0 Å². The number of nitrogens with two attached hydrogens (primary N) is 1. The van der Waals surface area contributed by atoms with Gasteiger partial charge in [-0.15, -0.1) is 0 Å². The maximum Gasteiger partial charge on any atom is 0.123 e. The molecule has 2 N–H and O–H groups in total. The van der Waals surface area contributed by atoms with Crippen LogP contribution in [0.5, 0.6) is 5.75 Å². The zero-order valence-electron chi connectivity index (χ0n) is 12.3.